The van der Waals surface area contributed by atoms with Crippen LogP contribution in [0.1, 0.15) is 9.67 Å². The van der Waals surface area contributed by atoms with Crippen LogP contribution in [0.15, 0.2) is 30.3 Å². The fourth-order valence-corrected chi connectivity index (χ4v) is 2.64. The van der Waals surface area contributed by atoms with Gasteiger partial charge in [0.05, 0.1) is 24.1 Å². The van der Waals surface area contributed by atoms with Gasteiger partial charge < -0.3 is 10.1 Å². The summed E-state index contributed by atoms with van der Waals surface area (Å²) in [4.78, 5) is 12.6. The highest BCUT2D eigenvalue weighted by Crippen LogP contribution is 2.25. The number of rotatable bonds is 2. The summed E-state index contributed by atoms with van der Waals surface area (Å²) in [5, 5.41) is 4.07. The van der Waals surface area contributed by atoms with Crippen molar-refractivity contribution in [1.82, 2.24) is 5.32 Å². The maximum atomic E-state index is 11.9. The van der Waals surface area contributed by atoms with Gasteiger partial charge in [0.15, 0.2) is 0 Å². The highest BCUT2D eigenvalue weighted by atomic mass is 32.1. The molecule has 0 atom stereocenters. The number of benzene rings is 1. The fraction of sp³-hybridized carbons (Fsp3) is 0.250. The molecular weight excluding hydrogens is 222 g/mol. The molecule has 1 aromatic heterocycles. The summed E-state index contributed by atoms with van der Waals surface area (Å²) < 4.78 is 6.17. The van der Waals surface area contributed by atoms with E-state index >= 15 is 0 Å². The first-order valence-corrected chi connectivity index (χ1v) is 6.02. The van der Waals surface area contributed by atoms with E-state index in [9.17, 15) is 4.79 Å². The van der Waals surface area contributed by atoms with E-state index < -0.39 is 0 Å². The van der Waals surface area contributed by atoms with Crippen molar-refractivity contribution in [2.45, 2.75) is 6.04 Å². The molecule has 0 aliphatic carbocycles. The predicted molar refractivity (Wildman–Crippen MR) is 63.9 cm³/mol. The number of ether oxygens (including phenoxy) is 1. The molecule has 1 N–H and O–H groups in total. The van der Waals surface area contributed by atoms with Gasteiger partial charge >= 0.3 is 0 Å². The standard InChI is InChI=1S/C12H11NO2S/c14-12(13-9-6-15-7-9)11-5-8-3-1-2-4-10(8)16-11/h1-5,9H,6-7H2,(H,13,14). The van der Waals surface area contributed by atoms with E-state index in [-0.39, 0.29) is 11.9 Å². The Bertz CT molecular complexity index is 498. The van der Waals surface area contributed by atoms with Crippen LogP contribution in [0, 0.1) is 0 Å². The first kappa shape index (κ1) is 9.81. The van der Waals surface area contributed by atoms with Gasteiger partial charge in [0.1, 0.15) is 0 Å². The maximum Gasteiger partial charge on any atom is 0.261 e. The lowest BCUT2D eigenvalue weighted by atomic mass is 10.2. The number of hydrogen-bond acceptors (Lipinski definition) is 3. The Labute approximate surface area is 97.0 Å². The van der Waals surface area contributed by atoms with Crippen molar-refractivity contribution < 1.29 is 9.53 Å². The van der Waals surface area contributed by atoms with Gasteiger partial charge in [-0.05, 0) is 17.5 Å². The molecule has 2 aromatic rings. The Kier molecular flexibility index (Phi) is 2.38. The molecule has 1 saturated heterocycles. The monoisotopic (exact) mass is 233 g/mol. The Morgan fingerprint density at radius 1 is 1.38 bits per heavy atom. The minimum Gasteiger partial charge on any atom is -0.377 e. The quantitative estimate of drug-likeness (QED) is 0.862. The number of hydrogen-bond donors (Lipinski definition) is 1. The third-order valence-electron chi connectivity index (χ3n) is 2.62. The molecule has 0 bridgehead atoms. The van der Waals surface area contributed by atoms with E-state index in [0.717, 1.165) is 15.0 Å². The van der Waals surface area contributed by atoms with Gasteiger partial charge in [0.25, 0.3) is 5.91 Å². The highest BCUT2D eigenvalue weighted by Gasteiger charge is 2.21. The Morgan fingerprint density at radius 2 is 2.19 bits per heavy atom. The molecule has 1 fully saturated rings. The summed E-state index contributed by atoms with van der Waals surface area (Å²) in [6, 6.07) is 10.2. The van der Waals surface area contributed by atoms with Crippen molar-refractivity contribution in [2.75, 3.05) is 13.2 Å². The number of carbonyl (C=O) groups is 1. The average molecular weight is 233 g/mol. The molecule has 1 aromatic carbocycles. The van der Waals surface area contributed by atoms with Crippen LogP contribution >= 0.6 is 11.3 Å². The molecule has 3 rings (SSSR count). The second kappa shape index (κ2) is 3.88. The number of fused-ring (bicyclic) bond motifs is 1. The molecule has 0 radical (unpaired) electrons. The summed E-state index contributed by atoms with van der Waals surface area (Å²) >= 11 is 1.53. The lowest BCUT2D eigenvalue weighted by Gasteiger charge is -2.26. The van der Waals surface area contributed by atoms with E-state index in [4.69, 9.17) is 4.74 Å². The molecule has 4 heteroatoms. The topological polar surface area (TPSA) is 38.3 Å². The molecule has 16 heavy (non-hydrogen) atoms. The van der Waals surface area contributed by atoms with E-state index in [1.165, 1.54) is 11.3 Å². The minimum absolute atomic E-state index is 0.00880. The van der Waals surface area contributed by atoms with Crippen LogP contribution < -0.4 is 5.32 Å². The predicted octanol–water partition coefficient (Wildman–Crippen LogP) is 2.03. The van der Waals surface area contributed by atoms with Gasteiger partial charge in [-0.15, -0.1) is 11.3 Å². The van der Waals surface area contributed by atoms with Crippen molar-refractivity contribution in [3.8, 4) is 0 Å². The van der Waals surface area contributed by atoms with Crippen molar-refractivity contribution >= 4 is 27.3 Å². The second-order valence-electron chi connectivity index (χ2n) is 3.86. The summed E-state index contributed by atoms with van der Waals surface area (Å²) in [6.45, 7) is 1.27. The van der Waals surface area contributed by atoms with Gasteiger partial charge in [-0.2, -0.15) is 0 Å². The van der Waals surface area contributed by atoms with Gasteiger partial charge in [0.2, 0.25) is 0 Å². The number of thiophene rings is 1. The van der Waals surface area contributed by atoms with E-state index in [2.05, 4.69) is 5.32 Å². The largest absolute Gasteiger partial charge is 0.377 e. The zero-order valence-electron chi connectivity index (χ0n) is 8.60. The highest BCUT2D eigenvalue weighted by molar-refractivity contribution is 7.20. The van der Waals surface area contributed by atoms with Gasteiger partial charge in [-0.3, -0.25) is 4.79 Å². The van der Waals surface area contributed by atoms with Crippen LogP contribution in [0.25, 0.3) is 10.1 Å². The summed E-state index contributed by atoms with van der Waals surface area (Å²) in [7, 11) is 0. The first-order chi connectivity index (χ1) is 7.83. The molecule has 3 nitrogen and oxygen atoms in total. The SMILES string of the molecule is O=C(NC1COC1)c1cc2ccccc2s1. The molecule has 1 aliphatic rings. The third kappa shape index (κ3) is 1.70. The smallest absolute Gasteiger partial charge is 0.261 e. The van der Waals surface area contributed by atoms with E-state index in [1.807, 2.05) is 30.3 Å². The van der Waals surface area contributed by atoms with Crippen molar-refractivity contribution in [3.05, 3.63) is 35.2 Å². The zero-order chi connectivity index (χ0) is 11.0. The van der Waals surface area contributed by atoms with Gasteiger partial charge in [-0.1, -0.05) is 18.2 Å². The lowest BCUT2D eigenvalue weighted by Crippen LogP contribution is -2.48. The molecule has 0 unspecified atom stereocenters. The fourth-order valence-electron chi connectivity index (χ4n) is 1.67. The number of carbonyl (C=O) groups excluding carboxylic acids is 1. The molecule has 82 valence electrons. The maximum absolute atomic E-state index is 11.9. The van der Waals surface area contributed by atoms with Crippen molar-refractivity contribution in [3.63, 3.8) is 0 Å². The summed E-state index contributed by atoms with van der Waals surface area (Å²) in [5.41, 5.74) is 0. The van der Waals surface area contributed by atoms with Crippen LogP contribution in [-0.2, 0) is 4.74 Å². The molecule has 1 aliphatic heterocycles. The van der Waals surface area contributed by atoms with Gasteiger partial charge in [-0.25, -0.2) is 0 Å². The van der Waals surface area contributed by atoms with Crippen LogP contribution in [0.4, 0.5) is 0 Å². The molecular formula is C12H11NO2S. The van der Waals surface area contributed by atoms with Gasteiger partial charge in [0, 0.05) is 4.70 Å². The normalized spacial score (nSPS) is 16.0. The van der Waals surface area contributed by atoms with E-state index in [0.29, 0.717) is 13.2 Å². The van der Waals surface area contributed by atoms with E-state index in [1.54, 1.807) is 0 Å². The van der Waals surface area contributed by atoms with Crippen LogP contribution in [0.2, 0.25) is 0 Å². The second-order valence-corrected chi connectivity index (χ2v) is 4.94. The summed E-state index contributed by atoms with van der Waals surface area (Å²) in [5.74, 6) is 0.00880. The minimum atomic E-state index is 0.00880. The summed E-state index contributed by atoms with van der Waals surface area (Å²) in [6.07, 6.45) is 0. The average Bonchev–Trinajstić information content (AvgIpc) is 2.66. The van der Waals surface area contributed by atoms with Crippen molar-refractivity contribution in [2.24, 2.45) is 0 Å². The molecule has 2 heterocycles. The van der Waals surface area contributed by atoms with Crippen molar-refractivity contribution in [1.29, 1.82) is 0 Å². The molecule has 0 spiro atoms. The molecule has 0 saturated carbocycles. The Hall–Kier alpha value is -1.39. The van der Waals surface area contributed by atoms with Crippen LogP contribution in [0.3, 0.4) is 0 Å². The Balaban J connectivity index is 1.84. The van der Waals surface area contributed by atoms with Crippen LogP contribution in [-0.4, -0.2) is 25.2 Å². The van der Waals surface area contributed by atoms with Crippen LogP contribution in [0.5, 0.6) is 0 Å². The molecule has 1 amide bonds. The number of nitrogens with one attached hydrogen (secondary N) is 1. The third-order valence-corrected chi connectivity index (χ3v) is 3.74. The number of amides is 1. The first-order valence-electron chi connectivity index (χ1n) is 5.20. The zero-order valence-corrected chi connectivity index (χ0v) is 9.42. The lowest BCUT2D eigenvalue weighted by molar-refractivity contribution is -0.00338. The Morgan fingerprint density at radius 3 is 2.88 bits per heavy atom.